The number of nitrogens with two attached hydrogens (primary N) is 1. The molecule has 68 heavy (non-hydrogen) atoms. The Morgan fingerprint density at radius 2 is 0.956 bits per heavy atom. The number of aliphatic carboxylic acids is 1. The lowest BCUT2D eigenvalue weighted by Crippen LogP contribution is -2.61. The number of carbonyl (C=O) groups excluding carboxylic acids is 10. The van der Waals surface area contributed by atoms with E-state index >= 15 is 0 Å². The van der Waals surface area contributed by atoms with E-state index < -0.39 is 138 Å². The first-order chi connectivity index (χ1) is 31.6. The molecule has 0 saturated carbocycles. The molecule has 388 valence electrons. The lowest BCUT2D eigenvalue weighted by molar-refractivity contribution is -0.137. The Balaban J connectivity index is 5.73. The van der Waals surface area contributed by atoms with Crippen LogP contribution in [-0.2, 0) is 52.7 Å². The summed E-state index contributed by atoms with van der Waals surface area (Å²) in [6.07, 6.45) is -0.202. The standard InChI is InChI=1S/C45H80N10O13/c1-13-25(9)36(53-33(58)19-47-39(62)27(11)49-41(64)30(17-22(3)4)50-40(63)29(46)15-16-35(60)61)43(66)48-20-34(59)54-37(26(10)14-2)44(67)51-31(18-23(5)6)42(65)55-38(28(12)57)45(68)52-32(21-56)24(7)8/h21-32,36-38,57H,13-20,46H2,1-12H3,(H,47,62)(H,48,66)(H,49,64)(H,50,63)(H,51,67)(H,52,68)(H,53,58)(H,54,59)(H,55,65)(H,60,61)/t25-,26-,27-,28+,29-,30-,31-,32+,36-,37-,38-/m0/s1. The Morgan fingerprint density at radius 3 is 1.37 bits per heavy atom. The van der Waals surface area contributed by atoms with E-state index in [0.29, 0.717) is 19.1 Å². The van der Waals surface area contributed by atoms with Gasteiger partial charge in [0.25, 0.3) is 0 Å². The summed E-state index contributed by atoms with van der Waals surface area (Å²) in [5, 5.41) is 41.9. The molecule has 0 aliphatic rings. The molecular formula is C45H80N10O13. The summed E-state index contributed by atoms with van der Waals surface area (Å²) in [5.41, 5.74) is 5.79. The number of hydrogen-bond donors (Lipinski definition) is 12. The van der Waals surface area contributed by atoms with Gasteiger partial charge in [-0.05, 0) is 62.7 Å². The fourth-order valence-corrected chi connectivity index (χ4v) is 6.46. The highest BCUT2D eigenvalue weighted by atomic mass is 16.4. The monoisotopic (exact) mass is 969 g/mol. The van der Waals surface area contributed by atoms with E-state index in [-0.39, 0.29) is 43.4 Å². The Bertz CT molecular complexity index is 1730. The van der Waals surface area contributed by atoms with E-state index in [2.05, 4.69) is 47.9 Å². The smallest absolute Gasteiger partial charge is 0.303 e. The number of carbonyl (C=O) groups is 11. The fourth-order valence-electron chi connectivity index (χ4n) is 6.46. The normalized spacial score (nSPS) is 16.1. The molecule has 0 aromatic rings. The van der Waals surface area contributed by atoms with Crippen molar-refractivity contribution >= 4 is 65.4 Å². The molecule has 11 atom stereocenters. The SMILES string of the molecule is CC[C@H](C)[C@H](NC(=O)CNC(=O)[C@H](C)NC(=O)[C@H](CC(C)C)NC(=O)[C@@H](N)CCC(=O)O)C(=O)NCC(=O)N[C@H](C(=O)N[C@@H](CC(C)C)C(=O)N[C@H](C(=O)N[C@H](C=O)C(C)C)[C@@H](C)O)[C@@H](C)CC. The van der Waals surface area contributed by atoms with Crippen LogP contribution < -0.4 is 53.6 Å². The first-order valence-electron chi connectivity index (χ1n) is 23.4. The molecule has 0 bridgehead atoms. The van der Waals surface area contributed by atoms with E-state index in [1.807, 2.05) is 0 Å². The van der Waals surface area contributed by atoms with Crippen LogP contribution in [0.4, 0.5) is 0 Å². The minimum absolute atomic E-state index is 0.0717. The van der Waals surface area contributed by atoms with Crippen molar-refractivity contribution in [3.8, 4) is 0 Å². The van der Waals surface area contributed by atoms with Gasteiger partial charge in [0.15, 0.2) is 0 Å². The molecule has 13 N–H and O–H groups in total. The number of rotatable bonds is 32. The Hall–Kier alpha value is -5.71. The van der Waals surface area contributed by atoms with Crippen LogP contribution in [0.1, 0.15) is 122 Å². The Morgan fingerprint density at radius 1 is 0.529 bits per heavy atom. The number of aliphatic hydroxyl groups excluding tert-OH is 1. The number of carboxylic acids is 1. The van der Waals surface area contributed by atoms with Crippen LogP contribution in [0.5, 0.6) is 0 Å². The first-order valence-corrected chi connectivity index (χ1v) is 23.4. The van der Waals surface area contributed by atoms with Crippen molar-refractivity contribution in [1.82, 2.24) is 47.9 Å². The van der Waals surface area contributed by atoms with Gasteiger partial charge in [-0.3, -0.25) is 47.9 Å². The van der Waals surface area contributed by atoms with E-state index in [4.69, 9.17) is 10.8 Å². The molecule has 0 aromatic carbocycles. The second kappa shape index (κ2) is 31.4. The van der Waals surface area contributed by atoms with Crippen LogP contribution >= 0.6 is 0 Å². The van der Waals surface area contributed by atoms with Crippen LogP contribution in [0.25, 0.3) is 0 Å². The molecule has 0 aliphatic carbocycles. The molecular weight excluding hydrogens is 889 g/mol. The van der Waals surface area contributed by atoms with Gasteiger partial charge in [-0.15, -0.1) is 0 Å². The summed E-state index contributed by atoms with van der Waals surface area (Å²) in [6.45, 7) is 19.0. The summed E-state index contributed by atoms with van der Waals surface area (Å²) < 4.78 is 0. The van der Waals surface area contributed by atoms with Crippen molar-refractivity contribution in [2.75, 3.05) is 13.1 Å². The van der Waals surface area contributed by atoms with Gasteiger partial charge in [0.1, 0.15) is 42.5 Å². The van der Waals surface area contributed by atoms with Gasteiger partial charge in [-0.1, -0.05) is 82.1 Å². The minimum atomic E-state index is -1.46. The van der Waals surface area contributed by atoms with Crippen LogP contribution in [0.15, 0.2) is 0 Å². The quantitative estimate of drug-likeness (QED) is 0.0333. The number of hydrogen-bond acceptors (Lipinski definition) is 13. The predicted molar refractivity (Wildman–Crippen MR) is 250 cm³/mol. The zero-order valence-corrected chi connectivity index (χ0v) is 41.8. The summed E-state index contributed by atoms with van der Waals surface area (Å²) in [6, 6.07) is -9.34. The fraction of sp³-hybridized carbons (Fsp3) is 0.756. The third-order valence-electron chi connectivity index (χ3n) is 11.1. The molecule has 0 aliphatic heterocycles. The second-order valence-corrected chi connectivity index (χ2v) is 18.6. The zero-order chi connectivity index (χ0) is 52.6. The van der Waals surface area contributed by atoms with E-state index in [1.165, 1.54) is 13.8 Å². The molecule has 23 heteroatoms. The molecule has 0 rings (SSSR count). The number of aliphatic hydroxyl groups is 1. The van der Waals surface area contributed by atoms with Gasteiger partial charge >= 0.3 is 5.97 Å². The third-order valence-corrected chi connectivity index (χ3v) is 11.1. The molecule has 0 unspecified atom stereocenters. The highest BCUT2D eigenvalue weighted by Gasteiger charge is 2.35. The van der Waals surface area contributed by atoms with Gasteiger partial charge < -0.3 is 68.6 Å². The van der Waals surface area contributed by atoms with Crippen LogP contribution in [0.3, 0.4) is 0 Å². The average Bonchev–Trinajstić information content (AvgIpc) is 3.26. The number of aldehydes is 1. The second-order valence-electron chi connectivity index (χ2n) is 18.6. The average molecular weight is 969 g/mol. The van der Waals surface area contributed by atoms with Crippen molar-refractivity contribution in [2.45, 2.75) is 176 Å². The Labute approximate surface area is 399 Å². The Kier molecular flexibility index (Phi) is 28.7. The lowest BCUT2D eigenvalue weighted by atomic mass is 9.96. The first kappa shape index (κ1) is 62.3. The summed E-state index contributed by atoms with van der Waals surface area (Å²) >= 11 is 0. The van der Waals surface area contributed by atoms with Gasteiger partial charge in [-0.2, -0.15) is 0 Å². The van der Waals surface area contributed by atoms with Gasteiger partial charge in [0.2, 0.25) is 53.2 Å². The topological polar surface area (TPSA) is 363 Å². The number of amides is 9. The van der Waals surface area contributed by atoms with Crippen LogP contribution in [0.2, 0.25) is 0 Å². The van der Waals surface area contributed by atoms with Crippen LogP contribution in [0, 0.1) is 29.6 Å². The van der Waals surface area contributed by atoms with Gasteiger partial charge in [0, 0.05) is 6.42 Å². The molecule has 0 aromatic heterocycles. The maximum Gasteiger partial charge on any atom is 0.303 e. The molecule has 0 saturated heterocycles. The van der Waals surface area contributed by atoms with E-state index in [1.54, 1.807) is 69.2 Å². The van der Waals surface area contributed by atoms with Crippen molar-refractivity contribution in [2.24, 2.45) is 35.3 Å². The van der Waals surface area contributed by atoms with E-state index in [0.717, 1.165) is 0 Å². The maximum absolute atomic E-state index is 13.8. The highest BCUT2D eigenvalue weighted by Crippen LogP contribution is 2.13. The molecule has 0 heterocycles. The summed E-state index contributed by atoms with van der Waals surface area (Å²) in [5.74, 6) is -9.32. The van der Waals surface area contributed by atoms with Crippen LogP contribution in [-0.4, -0.2) is 143 Å². The minimum Gasteiger partial charge on any atom is -0.481 e. The largest absolute Gasteiger partial charge is 0.481 e. The zero-order valence-electron chi connectivity index (χ0n) is 41.8. The van der Waals surface area contributed by atoms with Gasteiger partial charge in [-0.25, -0.2) is 0 Å². The van der Waals surface area contributed by atoms with Crippen molar-refractivity contribution in [3.05, 3.63) is 0 Å². The summed E-state index contributed by atoms with van der Waals surface area (Å²) in [4.78, 5) is 141. The molecule has 23 nitrogen and oxygen atoms in total. The van der Waals surface area contributed by atoms with Crippen molar-refractivity contribution < 1.29 is 63.0 Å². The highest BCUT2D eigenvalue weighted by molar-refractivity contribution is 5.97. The van der Waals surface area contributed by atoms with Gasteiger partial charge in [0.05, 0.1) is 31.3 Å². The molecule has 0 fully saturated rings. The predicted octanol–water partition coefficient (Wildman–Crippen LogP) is -1.76. The van der Waals surface area contributed by atoms with Crippen molar-refractivity contribution in [1.29, 1.82) is 0 Å². The lowest BCUT2D eigenvalue weighted by Gasteiger charge is -2.29. The third kappa shape index (κ3) is 23.3. The molecule has 9 amide bonds. The number of nitrogens with one attached hydrogen (secondary N) is 9. The molecule has 0 spiro atoms. The number of carboxylic acid groups (broad SMARTS) is 1. The molecule has 0 radical (unpaired) electrons. The maximum atomic E-state index is 13.8. The summed E-state index contributed by atoms with van der Waals surface area (Å²) in [7, 11) is 0. The van der Waals surface area contributed by atoms with E-state index in [9.17, 15) is 57.8 Å². The van der Waals surface area contributed by atoms with Crippen molar-refractivity contribution in [3.63, 3.8) is 0 Å².